The van der Waals surface area contributed by atoms with Crippen molar-refractivity contribution in [2.24, 2.45) is 17.3 Å². The molecule has 150 valence electrons. The van der Waals surface area contributed by atoms with Gasteiger partial charge in [-0.25, -0.2) is 8.42 Å². The van der Waals surface area contributed by atoms with E-state index in [-0.39, 0.29) is 11.3 Å². The predicted octanol–water partition coefficient (Wildman–Crippen LogP) is 4.25. The van der Waals surface area contributed by atoms with E-state index in [4.69, 9.17) is 0 Å². The van der Waals surface area contributed by atoms with E-state index in [0.717, 1.165) is 31.2 Å². The van der Waals surface area contributed by atoms with Gasteiger partial charge in [0.05, 0.1) is 10.3 Å². The highest BCUT2D eigenvalue weighted by Crippen LogP contribution is 2.63. The second-order valence-corrected chi connectivity index (χ2v) is 11.2. The predicted molar refractivity (Wildman–Crippen MR) is 108 cm³/mol. The normalized spacial score (nSPS) is 28.0. The summed E-state index contributed by atoms with van der Waals surface area (Å²) in [6, 6.07) is 7.15. The van der Waals surface area contributed by atoms with Crippen molar-refractivity contribution in [2.45, 2.75) is 63.2 Å². The number of carbonyl (C=O) groups is 1. The van der Waals surface area contributed by atoms with Crippen molar-refractivity contribution in [3.8, 4) is 0 Å². The SMILES string of the molecule is Cc1ccc(S(=O)(=O)N2CC(C3CCCCC3)=C3C(CC(=O)C34CC4)C2)cc1. The van der Waals surface area contributed by atoms with Crippen LogP contribution >= 0.6 is 0 Å². The lowest BCUT2D eigenvalue weighted by Crippen LogP contribution is -2.42. The number of fused-ring (bicyclic) bond motifs is 2. The molecule has 1 aromatic carbocycles. The molecule has 1 heterocycles. The zero-order chi connectivity index (χ0) is 19.5. The zero-order valence-corrected chi connectivity index (χ0v) is 17.4. The number of Topliss-reactive ketones (excluding diaryl/α,β-unsaturated/α-hetero) is 1. The van der Waals surface area contributed by atoms with Crippen molar-refractivity contribution >= 4 is 15.8 Å². The van der Waals surface area contributed by atoms with E-state index in [1.165, 1.54) is 30.4 Å². The molecule has 5 rings (SSSR count). The van der Waals surface area contributed by atoms with Crippen LogP contribution in [-0.4, -0.2) is 31.6 Å². The lowest BCUT2D eigenvalue weighted by molar-refractivity contribution is -0.121. The van der Waals surface area contributed by atoms with Gasteiger partial charge in [0.2, 0.25) is 10.0 Å². The number of ketones is 1. The molecule has 3 saturated carbocycles. The van der Waals surface area contributed by atoms with Gasteiger partial charge < -0.3 is 0 Å². The summed E-state index contributed by atoms with van der Waals surface area (Å²) >= 11 is 0. The Balaban J connectivity index is 1.54. The fourth-order valence-corrected chi connectivity index (χ4v) is 7.35. The first-order chi connectivity index (χ1) is 13.4. The molecule has 5 heteroatoms. The van der Waals surface area contributed by atoms with Crippen molar-refractivity contribution in [2.75, 3.05) is 13.1 Å². The minimum atomic E-state index is -3.54. The third-order valence-corrected chi connectivity index (χ3v) is 9.34. The number of sulfonamides is 1. The van der Waals surface area contributed by atoms with Gasteiger partial charge in [-0.15, -0.1) is 0 Å². The Labute approximate surface area is 168 Å². The second kappa shape index (κ2) is 6.53. The monoisotopic (exact) mass is 399 g/mol. The number of carbonyl (C=O) groups excluding carboxylic acids is 1. The van der Waals surface area contributed by atoms with E-state index in [0.29, 0.717) is 36.1 Å². The molecule has 3 fully saturated rings. The Morgan fingerprint density at radius 2 is 1.68 bits per heavy atom. The van der Waals surface area contributed by atoms with Crippen LogP contribution in [0.2, 0.25) is 0 Å². The molecule has 0 amide bonds. The molecule has 28 heavy (non-hydrogen) atoms. The highest BCUT2D eigenvalue weighted by atomic mass is 32.2. The third-order valence-electron chi connectivity index (χ3n) is 7.51. The largest absolute Gasteiger partial charge is 0.299 e. The molecule has 4 nitrogen and oxygen atoms in total. The lowest BCUT2D eigenvalue weighted by Gasteiger charge is -2.38. The molecular weight excluding hydrogens is 370 g/mol. The Morgan fingerprint density at radius 3 is 2.32 bits per heavy atom. The summed E-state index contributed by atoms with van der Waals surface area (Å²) in [5.74, 6) is 0.932. The minimum absolute atomic E-state index is 0.0981. The number of aryl methyl sites for hydroxylation is 1. The van der Waals surface area contributed by atoms with Crippen LogP contribution in [0.25, 0.3) is 0 Å². The Bertz CT molecular complexity index is 935. The molecule has 1 aliphatic heterocycles. The van der Waals surface area contributed by atoms with Gasteiger partial charge in [0.1, 0.15) is 5.78 Å². The van der Waals surface area contributed by atoms with Crippen LogP contribution in [0.3, 0.4) is 0 Å². The van der Waals surface area contributed by atoms with E-state index in [9.17, 15) is 13.2 Å². The van der Waals surface area contributed by atoms with Gasteiger partial charge in [-0.1, -0.05) is 48.1 Å². The van der Waals surface area contributed by atoms with Crippen molar-refractivity contribution < 1.29 is 13.2 Å². The molecule has 0 aromatic heterocycles. The second-order valence-electron chi connectivity index (χ2n) is 9.29. The van der Waals surface area contributed by atoms with Crippen molar-refractivity contribution in [3.05, 3.63) is 41.0 Å². The van der Waals surface area contributed by atoms with E-state index in [1.807, 2.05) is 19.1 Å². The van der Waals surface area contributed by atoms with Crippen molar-refractivity contribution in [1.29, 1.82) is 0 Å². The van der Waals surface area contributed by atoms with Crippen molar-refractivity contribution in [3.63, 3.8) is 0 Å². The number of hydrogen-bond acceptors (Lipinski definition) is 3. The highest BCUT2D eigenvalue weighted by molar-refractivity contribution is 7.89. The molecule has 0 bridgehead atoms. The summed E-state index contributed by atoms with van der Waals surface area (Å²) < 4.78 is 28.5. The average Bonchev–Trinajstić information content (AvgIpc) is 3.44. The maximum atomic E-state index is 13.4. The van der Waals surface area contributed by atoms with Crippen molar-refractivity contribution in [1.82, 2.24) is 4.31 Å². The first kappa shape index (κ1) is 18.6. The van der Waals surface area contributed by atoms with Gasteiger partial charge in [0.25, 0.3) is 0 Å². The number of hydrogen-bond donors (Lipinski definition) is 0. The van der Waals surface area contributed by atoms with Gasteiger partial charge in [-0.05, 0) is 50.7 Å². The van der Waals surface area contributed by atoms with Crippen LogP contribution < -0.4 is 0 Å². The van der Waals surface area contributed by atoms with E-state index < -0.39 is 10.0 Å². The molecule has 4 aliphatic rings. The van der Waals surface area contributed by atoms with Crippen LogP contribution in [0.4, 0.5) is 0 Å². The maximum absolute atomic E-state index is 13.4. The summed E-state index contributed by atoms with van der Waals surface area (Å²) in [4.78, 5) is 13.2. The summed E-state index contributed by atoms with van der Waals surface area (Å²) in [7, 11) is -3.54. The summed E-state index contributed by atoms with van der Waals surface area (Å²) in [5.41, 5.74) is 3.55. The number of nitrogens with zero attached hydrogens (tertiary/aromatic N) is 1. The molecule has 3 aliphatic carbocycles. The number of benzene rings is 1. The smallest absolute Gasteiger partial charge is 0.243 e. The standard InChI is InChI=1S/C23H29NO3S/c1-16-7-9-19(10-8-16)28(26,27)24-14-18-13-21(25)23(11-12-23)22(18)20(15-24)17-5-3-2-4-6-17/h7-10,17-18H,2-6,11-15H2,1H3. The highest BCUT2D eigenvalue weighted by Gasteiger charge is 2.61. The molecular formula is C23H29NO3S. The number of rotatable bonds is 3. The van der Waals surface area contributed by atoms with Crippen LogP contribution in [0.1, 0.15) is 56.9 Å². The van der Waals surface area contributed by atoms with Crippen LogP contribution in [0, 0.1) is 24.2 Å². The molecule has 0 saturated heterocycles. The van der Waals surface area contributed by atoms with Gasteiger partial charge >= 0.3 is 0 Å². The Morgan fingerprint density at radius 1 is 1.00 bits per heavy atom. The fraction of sp³-hybridized carbons (Fsp3) is 0.609. The zero-order valence-electron chi connectivity index (χ0n) is 16.6. The van der Waals surface area contributed by atoms with Gasteiger partial charge in [-0.2, -0.15) is 4.31 Å². The van der Waals surface area contributed by atoms with E-state index in [2.05, 4.69) is 0 Å². The third kappa shape index (κ3) is 2.81. The van der Waals surface area contributed by atoms with Gasteiger partial charge in [0, 0.05) is 25.4 Å². The summed E-state index contributed by atoms with van der Waals surface area (Å²) in [5, 5.41) is 0. The topological polar surface area (TPSA) is 54.5 Å². The Hall–Kier alpha value is -1.46. The van der Waals surface area contributed by atoms with Crippen LogP contribution in [0.5, 0.6) is 0 Å². The Kier molecular flexibility index (Phi) is 4.33. The fourth-order valence-electron chi connectivity index (χ4n) is 5.89. The average molecular weight is 400 g/mol. The molecule has 1 unspecified atom stereocenters. The summed E-state index contributed by atoms with van der Waals surface area (Å²) in [6.07, 6.45) is 8.51. The van der Waals surface area contributed by atoms with Gasteiger partial charge in [-0.3, -0.25) is 4.79 Å². The lowest BCUT2D eigenvalue weighted by atomic mass is 9.76. The first-order valence-electron chi connectivity index (χ1n) is 10.8. The molecule has 0 radical (unpaired) electrons. The quantitative estimate of drug-likeness (QED) is 0.714. The first-order valence-corrected chi connectivity index (χ1v) is 12.2. The van der Waals surface area contributed by atoms with Crippen LogP contribution in [0.15, 0.2) is 40.3 Å². The summed E-state index contributed by atoms with van der Waals surface area (Å²) in [6.45, 7) is 2.92. The molecule has 0 N–H and O–H groups in total. The minimum Gasteiger partial charge on any atom is -0.299 e. The van der Waals surface area contributed by atoms with E-state index in [1.54, 1.807) is 16.4 Å². The molecule has 1 aromatic rings. The maximum Gasteiger partial charge on any atom is 0.243 e. The van der Waals surface area contributed by atoms with Crippen LogP contribution in [-0.2, 0) is 14.8 Å². The molecule has 1 atom stereocenters. The molecule has 1 spiro atoms. The van der Waals surface area contributed by atoms with E-state index >= 15 is 0 Å². The van der Waals surface area contributed by atoms with Gasteiger partial charge in [0.15, 0.2) is 0 Å².